The van der Waals surface area contributed by atoms with Crippen molar-refractivity contribution in [3.63, 3.8) is 0 Å². The molecule has 2 N–H and O–H groups in total. The number of amides is 1. The lowest BCUT2D eigenvalue weighted by atomic mass is 10.1. The van der Waals surface area contributed by atoms with E-state index in [-0.39, 0.29) is 23.9 Å². The third-order valence-electron chi connectivity index (χ3n) is 5.97. The van der Waals surface area contributed by atoms with E-state index in [1.54, 1.807) is 12.1 Å². The molecule has 0 spiro atoms. The van der Waals surface area contributed by atoms with Crippen molar-refractivity contribution in [1.82, 2.24) is 9.62 Å². The van der Waals surface area contributed by atoms with Gasteiger partial charge in [0.2, 0.25) is 10.0 Å². The number of anilines is 1. The third-order valence-corrected chi connectivity index (χ3v) is 7.91. The average Bonchev–Trinajstić information content (AvgIpc) is 2.87. The van der Waals surface area contributed by atoms with Gasteiger partial charge in [0.25, 0.3) is 5.91 Å². The maximum atomic E-state index is 13.6. The summed E-state index contributed by atoms with van der Waals surface area (Å²) in [7, 11) is -3.82. The van der Waals surface area contributed by atoms with E-state index in [2.05, 4.69) is 10.6 Å². The Balaban J connectivity index is 1.59. The highest BCUT2D eigenvalue weighted by Crippen LogP contribution is 2.27. The highest BCUT2D eigenvalue weighted by molar-refractivity contribution is 7.89. The molecule has 0 aliphatic carbocycles. The van der Waals surface area contributed by atoms with Gasteiger partial charge in [0.1, 0.15) is 4.90 Å². The molecule has 0 saturated carbocycles. The van der Waals surface area contributed by atoms with Crippen LogP contribution >= 0.6 is 0 Å². The largest absolute Gasteiger partial charge is 0.380 e. The smallest absolute Gasteiger partial charge is 0.251 e. The van der Waals surface area contributed by atoms with E-state index in [0.717, 1.165) is 22.3 Å². The number of nitrogens with zero attached hydrogens (tertiary/aromatic N) is 1. The van der Waals surface area contributed by atoms with E-state index in [4.69, 9.17) is 4.74 Å². The first-order valence-electron chi connectivity index (χ1n) is 11.7. The third kappa shape index (κ3) is 6.28. The van der Waals surface area contributed by atoms with Gasteiger partial charge in [0, 0.05) is 31.7 Å². The molecule has 3 aromatic rings. The maximum Gasteiger partial charge on any atom is 0.251 e. The summed E-state index contributed by atoms with van der Waals surface area (Å²) < 4.78 is 33.9. The summed E-state index contributed by atoms with van der Waals surface area (Å²) in [6, 6.07) is 20.7. The van der Waals surface area contributed by atoms with E-state index in [9.17, 15) is 13.2 Å². The molecule has 3 aromatic carbocycles. The Morgan fingerprint density at radius 2 is 1.63 bits per heavy atom. The first-order chi connectivity index (χ1) is 16.8. The minimum Gasteiger partial charge on any atom is -0.380 e. The molecule has 0 atom stereocenters. The predicted octanol–water partition coefficient (Wildman–Crippen LogP) is 3.87. The Bertz CT molecular complexity index is 1280. The summed E-state index contributed by atoms with van der Waals surface area (Å²) in [4.78, 5) is 13.0. The predicted molar refractivity (Wildman–Crippen MR) is 137 cm³/mol. The zero-order valence-electron chi connectivity index (χ0n) is 20.1. The second kappa shape index (κ2) is 11.0. The number of nitrogens with one attached hydrogen (secondary N) is 2. The van der Waals surface area contributed by atoms with Gasteiger partial charge in [-0.15, -0.1) is 0 Å². The first kappa shape index (κ1) is 24.9. The number of benzene rings is 3. The van der Waals surface area contributed by atoms with Crippen molar-refractivity contribution >= 4 is 21.6 Å². The molecule has 0 bridgehead atoms. The summed E-state index contributed by atoms with van der Waals surface area (Å²) in [5, 5.41) is 6.15. The second-order valence-corrected chi connectivity index (χ2v) is 10.6. The quantitative estimate of drug-likeness (QED) is 0.498. The van der Waals surface area contributed by atoms with Gasteiger partial charge in [-0.3, -0.25) is 4.79 Å². The lowest BCUT2D eigenvalue weighted by molar-refractivity contribution is 0.0730. The SMILES string of the molecule is Cc1ccc(CNc2ccc(C(=O)NCc3cccc(C)c3)cc2S(=O)(=O)N2CCOCC2)cc1. The fraction of sp³-hybridized carbons (Fsp3) is 0.296. The molecule has 1 aliphatic rings. The topological polar surface area (TPSA) is 87.7 Å². The lowest BCUT2D eigenvalue weighted by Gasteiger charge is -2.27. The van der Waals surface area contributed by atoms with Gasteiger partial charge in [0.05, 0.1) is 18.9 Å². The lowest BCUT2D eigenvalue weighted by Crippen LogP contribution is -2.41. The number of hydrogen-bond acceptors (Lipinski definition) is 5. The molecule has 35 heavy (non-hydrogen) atoms. The molecule has 184 valence electrons. The second-order valence-electron chi connectivity index (χ2n) is 8.74. The molecule has 1 heterocycles. The van der Waals surface area contributed by atoms with Crippen LogP contribution in [0.4, 0.5) is 5.69 Å². The maximum absolute atomic E-state index is 13.6. The van der Waals surface area contributed by atoms with E-state index in [0.29, 0.717) is 37.6 Å². The van der Waals surface area contributed by atoms with Gasteiger partial charge in [-0.1, -0.05) is 59.7 Å². The van der Waals surface area contributed by atoms with Crippen LogP contribution in [-0.4, -0.2) is 44.9 Å². The average molecular weight is 494 g/mol. The molecule has 1 saturated heterocycles. The van der Waals surface area contributed by atoms with Crippen LogP contribution in [-0.2, 0) is 27.8 Å². The number of carbonyl (C=O) groups is 1. The zero-order valence-corrected chi connectivity index (χ0v) is 20.9. The molecule has 4 rings (SSSR count). The Labute approximate surface area is 207 Å². The van der Waals surface area contributed by atoms with Crippen molar-refractivity contribution in [2.45, 2.75) is 31.8 Å². The van der Waals surface area contributed by atoms with Gasteiger partial charge in [-0.25, -0.2) is 8.42 Å². The molecule has 8 heteroatoms. The van der Waals surface area contributed by atoms with Crippen LogP contribution in [0.15, 0.2) is 71.6 Å². The van der Waals surface area contributed by atoms with Crippen LogP contribution in [0.25, 0.3) is 0 Å². The fourth-order valence-corrected chi connectivity index (χ4v) is 5.56. The van der Waals surface area contributed by atoms with Crippen molar-refractivity contribution in [2.75, 3.05) is 31.6 Å². The Morgan fingerprint density at radius 3 is 2.34 bits per heavy atom. The fourth-order valence-electron chi connectivity index (χ4n) is 3.96. The Kier molecular flexibility index (Phi) is 7.85. The van der Waals surface area contributed by atoms with Crippen molar-refractivity contribution in [1.29, 1.82) is 0 Å². The number of hydrogen-bond donors (Lipinski definition) is 2. The molecule has 0 aromatic heterocycles. The normalized spacial score (nSPS) is 14.5. The van der Waals surface area contributed by atoms with Gasteiger partial charge >= 0.3 is 0 Å². The van der Waals surface area contributed by atoms with Gasteiger partial charge < -0.3 is 15.4 Å². The molecule has 1 fully saturated rings. The van der Waals surface area contributed by atoms with Gasteiger partial charge in [-0.05, 0) is 43.2 Å². The van der Waals surface area contributed by atoms with Crippen molar-refractivity contribution < 1.29 is 17.9 Å². The number of carbonyl (C=O) groups excluding carboxylic acids is 1. The van der Waals surface area contributed by atoms with Crippen LogP contribution in [0, 0.1) is 13.8 Å². The monoisotopic (exact) mass is 493 g/mol. The molecular formula is C27H31N3O4S. The van der Waals surface area contributed by atoms with Crippen molar-refractivity contribution in [3.8, 4) is 0 Å². The van der Waals surface area contributed by atoms with Crippen LogP contribution in [0.2, 0.25) is 0 Å². The summed E-state index contributed by atoms with van der Waals surface area (Å²) in [6.07, 6.45) is 0. The minimum absolute atomic E-state index is 0.0923. The van der Waals surface area contributed by atoms with Crippen LogP contribution in [0.5, 0.6) is 0 Å². The van der Waals surface area contributed by atoms with E-state index < -0.39 is 10.0 Å². The molecular weight excluding hydrogens is 462 g/mol. The minimum atomic E-state index is -3.82. The van der Waals surface area contributed by atoms with Gasteiger partial charge in [-0.2, -0.15) is 4.31 Å². The van der Waals surface area contributed by atoms with Crippen molar-refractivity contribution in [2.24, 2.45) is 0 Å². The summed E-state index contributed by atoms with van der Waals surface area (Å²) in [5.41, 5.74) is 5.05. The van der Waals surface area contributed by atoms with Crippen LogP contribution in [0.3, 0.4) is 0 Å². The Morgan fingerprint density at radius 1 is 0.886 bits per heavy atom. The molecule has 0 radical (unpaired) electrons. The van der Waals surface area contributed by atoms with E-state index in [1.165, 1.54) is 10.4 Å². The van der Waals surface area contributed by atoms with Gasteiger partial charge in [0.15, 0.2) is 0 Å². The zero-order chi connectivity index (χ0) is 24.8. The van der Waals surface area contributed by atoms with E-state index >= 15 is 0 Å². The summed E-state index contributed by atoms with van der Waals surface area (Å²) in [6.45, 7) is 6.10. The molecule has 7 nitrogen and oxygen atoms in total. The number of rotatable bonds is 8. The summed E-state index contributed by atoms with van der Waals surface area (Å²) >= 11 is 0. The number of morpholine rings is 1. The molecule has 1 amide bonds. The molecule has 0 unspecified atom stereocenters. The van der Waals surface area contributed by atoms with Crippen molar-refractivity contribution in [3.05, 3.63) is 94.5 Å². The number of aryl methyl sites for hydroxylation is 2. The summed E-state index contributed by atoms with van der Waals surface area (Å²) in [5.74, 6) is -0.324. The highest BCUT2D eigenvalue weighted by Gasteiger charge is 2.29. The standard InChI is InChI=1S/C27H31N3O4S/c1-20-6-8-22(9-7-20)18-28-25-11-10-24(27(31)29-19-23-5-3-4-21(2)16-23)17-26(25)35(32,33)30-12-14-34-15-13-30/h3-11,16-17,28H,12-15,18-19H2,1-2H3,(H,29,31). The molecule has 1 aliphatic heterocycles. The first-order valence-corrected chi connectivity index (χ1v) is 13.1. The number of ether oxygens (including phenoxy) is 1. The van der Waals surface area contributed by atoms with E-state index in [1.807, 2.05) is 62.4 Å². The van der Waals surface area contributed by atoms with Crippen LogP contribution in [0.1, 0.15) is 32.6 Å². The highest BCUT2D eigenvalue weighted by atomic mass is 32.2. The Hall–Kier alpha value is -3.20. The number of sulfonamides is 1. The van der Waals surface area contributed by atoms with Crippen LogP contribution < -0.4 is 10.6 Å².